The van der Waals surface area contributed by atoms with E-state index in [4.69, 9.17) is 14.5 Å². The number of pyridine rings is 1. The number of rotatable bonds is 7. The van der Waals surface area contributed by atoms with Crippen LogP contribution in [0.15, 0.2) is 65.6 Å². The largest absolute Gasteiger partial charge is 0.496 e. The number of thioether (sulfide) groups is 1. The predicted octanol–water partition coefficient (Wildman–Crippen LogP) is 4.81. The SMILES string of the molecule is COc1ccccc1-c1cc(SC)cc(CN2CCN(c3ccccc3OC)CC2)n1. The molecule has 6 heteroatoms. The molecule has 1 aromatic heterocycles. The van der Waals surface area contributed by atoms with Crippen molar-refractivity contribution in [3.8, 4) is 22.8 Å². The molecule has 1 aliphatic heterocycles. The molecule has 0 unspecified atom stereocenters. The summed E-state index contributed by atoms with van der Waals surface area (Å²) < 4.78 is 11.1. The van der Waals surface area contributed by atoms with Crippen molar-refractivity contribution in [3.63, 3.8) is 0 Å². The molecular weight excluding hydrogens is 406 g/mol. The van der Waals surface area contributed by atoms with Crippen molar-refractivity contribution in [2.75, 3.05) is 51.6 Å². The summed E-state index contributed by atoms with van der Waals surface area (Å²) in [4.78, 5) is 11.1. The molecule has 0 atom stereocenters. The Hall–Kier alpha value is -2.70. The molecule has 4 rings (SSSR count). The van der Waals surface area contributed by atoms with Gasteiger partial charge in [-0.3, -0.25) is 9.88 Å². The highest BCUT2D eigenvalue weighted by Gasteiger charge is 2.20. The average Bonchev–Trinajstić information content (AvgIpc) is 2.84. The molecule has 2 heterocycles. The molecule has 2 aromatic carbocycles. The van der Waals surface area contributed by atoms with E-state index >= 15 is 0 Å². The Kier molecular flexibility index (Phi) is 6.99. The Morgan fingerprint density at radius 2 is 1.55 bits per heavy atom. The first kappa shape index (κ1) is 21.5. The molecule has 0 amide bonds. The number of piperazine rings is 1. The molecule has 0 spiro atoms. The van der Waals surface area contributed by atoms with Gasteiger partial charge in [-0.15, -0.1) is 11.8 Å². The lowest BCUT2D eigenvalue weighted by molar-refractivity contribution is 0.246. The van der Waals surface area contributed by atoms with Crippen LogP contribution in [0.1, 0.15) is 5.69 Å². The summed E-state index contributed by atoms with van der Waals surface area (Å²) in [5.41, 5.74) is 4.26. The van der Waals surface area contributed by atoms with Crippen LogP contribution in [-0.2, 0) is 6.54 Å². The van der Waals surface area contributed by atoms with Gasteiger partial charge in [-0.2, -0.15) is 0 Å². The Morgan fingerprint density at radius 3 is 2.26 bits per heavy atom. The smallest absolute Gasteiger partial charge is 0.142 e. The van der Waals surface area contributed by atoms with E-state index in [0.717, 1.165) is 61.2 Å². The van der Waals surface area contributed by atoms with Crippen molar-refractivity contribution < 1.29 is 9.47 Å². The number of anilines is 1. The van der Waals surface area contributed by atoms with Crippen molar-refractivity contribution in [1.82, 2.24) is 9.88 Å². The van der Waals surface area contributed by atoms with Crippen molar-refractivity contribution in [2.45, 2.75) is 11.4 Å². The monoisotopic (exact) mass is 435 g/mol. The summed E-state index contributed by atoms with van der Waals surface area (Å²) in [6.07, 6.45) is 2.11. The lowest BCUT2D eigenvalue weighted by atomic mass is 10.1. The molecule has 31 heavy (non-hydrogen) atoms. The van der Waals surface area contributed by atoms with Crippen LogP contribution in [0.2, 0.25) is 0 Å². The van der Waals surface area contributed by atoms with Crippen molar-refractivity contribution in [2.24, 2.45) is 0 Å². The number of hydrogen-bond donors (Lipinski definition) is 0. The highest BCUT2D eigenvalue weighted by Crippen LogP contribution is 2.32. The number of benzene rings is 2. The Labute approximate surface area is 189 Å². The van der Waals surface area contributed by atoms with Crippen molar-refractivity contribution >= 4 is 17.4 Å². The minimum absolute atomic E-state index is 0.844. The number of aromatic nitrogens is 1. The van der Waals surface area contributed by atoms with Gasteiger partial charge in [-0.1, -0.05) is 24.3 Å². The van der Waals surface area contributed by atoms with Crippen LogP contribution in [-0.4, -0.2) is 56.5 Å². The molecule has 1 fully saturated rings. The van der Waals surface area contributed by atoms with Crippen LogP contribution in [0.5, 0.6) is 11.5 Å². The van der Waals surface area contributed by atoms with E-state index in [1.807, 2.05) is 30.3 Å². The van der Waals surface area contributed by atoms with Gasteiger partial charge < -0.3 is 14.4 Å². The number of ether oxygens (including phenoxy) is 2. The number of para-hydroxylation sites is 3. The highest BCUT2D eigenvalue weighted by molar-refractivity contribution is 7.98. The molecule has 0 aliphatic carbocycles. The Bertz CT molecular complexity index is 1020. The van der Waals surface area contributed by atoms with Crippen LogP contribution < -0.4 is 14.4 Å². The minimum atomic E-state index is 0.844. The first-order valence-corrected chi connectivity index (χ1v) is 11.7. The lowest BCUT2D eigenvalue weighted by Crippen LogP contribution is -2.46. The summed E-state index contributed by atoms with van der Waals surface area (Å²) >= 11 is 1.75. The van der Waals surface area contributed by atoms with E-state index in [2.05, 4.69) is 46.4 Å². The normalized spacial score (nSPS) is 14.5. The maximum Gasteiger partial charge on any atom is 0.142 e. The van der Waals surface area contributed by atoms with Crippen LogP contribution in [0, 0.1) is 0 Å². The molecule has 0 bridgehead atoms. The van der Waals surface area contributed by atoms with Gasteiger partial charge in [0.25, 0.3) is 0 Å². The second-order valence-electron chi connectivity index (χ2n) is 7.52. The summed E-state index contributed by atoms with van der Waals surface area (Å²) in [5, 5.41) is 0. The average molecular weight is 436 g/mol. The van der Waals surface area contributed by atoms with Crippen molar-refractivity contribution in [3.05, 3.63) is 66.4 Å². The molecule has 1 aliphatic rings. The zero-order valence-electron chi connectivity index (χ0n) is 18.4. The lowest BCUT2D eigenvalue weighted by Gasteiger charge is -2.36. The first-order chi connectivity index (χ1) is 15.2. The molecule has 3 aromatic rings. The quantitative estimate of drug-likeness (QED) is 0.496. The second-order valence-corrected chi connectivity index (χ2v) is 8.40. The van der Waals surface area contributed by atoms with Gasteiger partial charge >= 0.3 is 0 Å². The van der Waals surface area contributed by atoms with E-state index < -0.39 is 0 Å². The highest BCUT2D eigenvalue weighted by atomic mass is 32.2. The number of nitrogens with zero attached hydrogens (tertiary/aromatic N) is 3. The third kappa shape index (κ3) is 4.97. The van der Waals surface area contributed by atoms with E-state index in [9.17, 15) is 0 Å². The second kappa shape index (κ2) is 10.1. The topological polar surface area (TPSA) is 37.8 Å². The molecule has 0 N–H and O–H groups in total. The van der Waals surface area contributed by atoms with Crippen LogP contribution >= 0.6 is 11.8 Å². The van der Waals surface area contributed by atoms with Gasteiger partial charge in [-0.25, -0.2) is 0 Å². The van der Waals surface area contributed by atoms with Gasteiger partial charge in [0.2, 0.25) is 0 Å². The Morgan fingerprint density at radius 1 is 0.871 bits per heavy atom. The minimum Gasteiger partial charge on any atom is -0.496 e. The van der Waals surface area contributed by atoms with Crippen LogP contribution in [0.25, 0.3) is 11.3 Å². The molecule has 0 radical (unpaired) electrons. The molecule has 162 valence electrons. The summed E-state index contributed by atoms with van der Waals surface area (Å²) in [6.45, 7) is 4.78. The zero-order chi connectivity index (χ0) is 21.6. The van der Waals surface area contributed by atoms with Gasteiger partial charge in [0.1, 0.15) is 11.5 Å². The van der Waals surface area contributed by atoms with Gasteiger partial charge in [-0.05, 0) is 42.7 Å². The summed E-state index contributed by atoms with van der Waals surface area (Å²) in [5.74, 6) is 1.79. The van der Waals surface area contributed by atoms with Crippen molar-refractivity contribution in [1.29, 1.82) is 0 Å². The fourth-order valence-electron chi connectivity index (χ4n) is 4.02. The van der Waals surface area contributed by atoms with Gasteiger partial charge in [0, 0.05) is 43.2 Å². The number of methoxy groups -OCH3 is 2. The fourth-order valence-corrected chi connectivity index (χ4v) is 4.50. The first-order valence-electron chi connectivity index (χ1n) is 10.5. The zero-order valence-corrected chi connectivity index (χ0v) is 19.2. The number of hydrogen-bond acceptors (Lipinski definition) is 6. The Balaban J connectivity index is 1.49. The maximum atomic E-state index is 5.56. The molecule has 1 saturated heterocycles. The third-order valence-electron chi connectivity index (χ3n) is 5.65. The molecule has 5 nitrogen and oxygen atoms in total. The van der Waals surface area contributed by atoms with Crippen LogP contribution in [0.3, 0.4) is 0 Å². The van der Waals surface area contributed by atoms with E-state index in [0.29, 0.717) is 0 Å². The van der Waals surface area contributed by atoms with Crippen LogP contribution in [0.4, 0.5) is 5.69 Å². The maximum absolute atomic E-state index is 5.56. The van der Waals surface area contributed by atoms with E-state index in [-0.39, 0.29) is 0 Å². The standard InChI is InChI=1S/C25H29N3O2S/c1-29-24-10-6-4-8-21(24)22-17-20(31-3)16-19(26-22)18-27-12-14-28(15-13-27)23-9-5-7-11-25(23)30-2/h4-11,16-17H,12-15,18H2,1-3H3. The summed E-state index contributed by atoms with van der Waals surface area (Å²) in [6, 6.07) is 20.7. The van der Waals surface area contributed by atoms with E-state index in [1.165, 1.54) is 10.6 Å². The fraction of sp³-hybridized carbons (Fsp3) is 0.320. The van der Waals surface area contributed by atoms with E-state index in [1.54, 1.807) is 26.0 Å². The predicted molar refractivity (Wildman–Crippen MR) is 128 cm³/mol. The summed E-state index contributed by atoms with van der Waals surface area (Å²) in [7, 11) is 3.44. The molecule has 0 saturated carbocycles. The van der Waals surface area contributed by atoms with Gasteiger partial charge in [0.05, 0.1) is 31.3 Å². The third-order valence-corrected chi connectivity index (χ3v) is 6.36. The molecular formula is C25H29N3O2S. The van der Waals surface area contributed by atoms with Gasteiger partial charge in [0.15, 0.2) is 0 Å².